The average Bonchev–Trinajstić information content (AvgIpc) is 3.05. The number of carbonyl (C=O) groups excluding carboxylic acids is 1. The molecule has 2 aromatic rings. The molecule has 3 heterocycles. The molecule has 2 fully saturated rings. The minimum absolute atomic E-state index is 0.0446. The lowest BCUT2D eigenvalue weighted by atomic mass is 9.95. The molecule has 2 aliphatic rings. The molecule has 1 saturated heterocycles. The van der Waals surface area contributed by atoms with Crippen molar-refractivity contribution >= 4 is 25.0 Å². The Morgan fingerprint density at radius 1 is 1.22 bits per heavy atom. The van der Waals surface area contributed by atoms with Crippen LogP contribution in [-0.2, 0) is 0 Å². The number of rotatable bonds is 2. The minimum Gasteiger partial charge on any atom is -0.388 e. The van der Waals surface area contributed by atoms with Crippen molar-refractivity contribution < 1.29 is 4.79 Å². The standard InChI is InChI=1S/C18H27BN6O2/c1-11-14-16(25(23-11)13-7-3-2-4-8-13)20-15(21-17(14)26)12-6-5-9-24(10-12)18(27)22-19/h12-13H,2-10,19H2,1H3,(H,22,27)(H,20,21,26). The summed E-state index contributed by atoms with van der Waals surface area (Å²) in [6.07, 6.45) is 7.67. The summed E-state index contributed by atoms with van der Waals surface area (Å²) in [5.41, 5.74) is 1.33. The van der Waals surface area contributed by atoms with E-state index >= 15 is 0 Å². The first kappa shape index (κ1) is 18.1. The number of urea groups is 1. The van der Waals surface area contributed by atoms with Gasteiger partial charge >= 0.3 is 6.03 Å². The monoisotopic (exact) mass is 370 g/mol. The van der Waals surface area contributed by atoms with E-state index in [0.717, 1.165) is 37.9 Å². The van der Waals surface area contributed by atoms with E-state index in [1.807, 2.05) is 11.6 Å². The predicted molar refractivity (Wildman–Crippen MR) is 106 cm³/mol. The van der Waals surface area contributed by atoms with Crippen LogP contribution < -0.4 is 10.8 Å². The normalized spacial score (nSPS) is 21.5. The molecule has 0 bridgehead atoms. The summed E-state index contributed by atoms with van der Waals surface area (Å²) in [6, 6.07) is 0.247. The number of nitrogens with one attached hydrogen (secondary N) is 2. The number of H-pyrrole nitrogens is 1. The summed E-state index contributed by atoms with van der Waals surface area (Å²) in [6.45, 7) is 3.19. The molecule has 144 valence electrons. The van der Waals surface area contributed by atoms with E-state index in [9.17, 15) is 9.59 Å². The molecule has 0 radical (unpaired) electrons. The number of amides is 2. The molecule has 2 aromatic heterocycles. The zero-order valence-electron chi connectivity index (χ0n) is 16.1. The summed E-state index contributed by atoms with van der Waals surface area (Å²) in [4.78, 5) is 34.4. The van der Waals surface area contributed by atoms with Gasteiger partial charge in [0.2, 0.25) is 7.98 Å². The lowest BCUT2D eigenvalue weighted by molar-refractivity contribution is 0.184. The van der Waals surface area contributed by atoms with Gasteiger partial charge in [0.15, 0.2) is 5.65 Å². The Kier molecular flexibility index (Phi) is 4.93. The topological polar surface area (TPSA) is 95.9 Å². The molecule has 1 aliphatic heterocycles. The van der Waals surface area contributed by atoms with E-state index in [2.05, 4.69) is 15.3 Å². The van der Waals surface area contributed by atoms with Crippen molar-refractivity contribution in [2.24, 2.45) is 0 Å². The first-order valence-corrected chi connectivity index (χ1v) is 10.0. The van der Waals surface area contributed by atoms with Gasteiger partial charge in [0, 0.05) is 19.0 Å². The second-order valence-corrected chi connectivity index (χ2v) is 7.81. The third kappa shape index (κ3) is 3.35. The van der Waals surface area contributed by atoms with E-state index in [1.165, 1.54) is 19.3 Å². The molecule has 9 heteroatoms. The van der Waals surface area contributed by atoms with Gasteiger partial charge in [-0.1, -0.05) is 19.3 Å². The van der Waals surface area contributed by atoms with Gasteiger partial charge in [-0.25, -0.2) is 9.67 Å². The summed E-state index contributed by atoms with van der Waals surface area (Å²) in [7, 11) is 1.64. The van der Waals surface area contributed by atoms with E-state index in [-0.39, 0.29) is 17.5 Å². The highest BCUT2D eigenvalue weighted by molar-refractivity contribution is 6.13. The third-order valence-corrected chi connectivity index (χ3v) is 5.98. The lowest BCUT2D eigenvalue weighted by Crippen LogP contribution is -2.44. The first-order chi connectivity index (χ1) is 13.1. The van der Waals surface area contributed by atoms with Gasteiger partial charge in [-0.3, -0.25) is 9.59 Å². The maximum atomic E-state index is 12.8. The Morgan fingerprint density at radius 2 is 2.00 bits per heavy atom. The van der Waals surface area contributed by atoms with Crippen molar-refractivity contribution in [1.29, 1.82) is 0 Å². The molecule has 1 saturated carbocycles. The van der Waals surface area contributed by atoms with Crippen LogP contribution >= 0.6 is 0 Å². The van der Waals surface area contributed by atoms with Gasteiger partial charge < -0.3 is 15.1 Å². The fourth-order valence-corrected chi connectivity index (χ4v) is 4.55. The fourth-order valence-electron chi connectivity index (χ4n) is 4.55. The molecule has 1 unspecified atom stereocenters. The maximum Gasteiger partial charge on any atom is 0.304 e. The Balaban J connectivity index is 1.72. The number of aromatic amines is 1. The molecule has 1 aliphatic carbocycles. The summed E-state index contributed by atoms with van der Waals surface area (Å²) in [5, 5.41) is 7.96. The van der Waals surface area contributed by atoms with Crippen LogP contribution in [0, 0.1) is 6.92 Å². The van der Waals surface area contributed by atoms with E-state index in [1.54, 1.807) is 12.9 Å². The molecule has 0 aromatic carbocycles. The van der Waals surface area contributed by atoms with Crippen molar-refractivity contribution in [1.82, 2.24) is 29.9 Å². The number of carbonyl (C=O) groups is 1. The Hall–Kier alpha value is -2.32. The second-order valence-electron chi connectivity index (χ2n) is 7.81. The summed E-state index contributed by atoms with van der Waals surface area (Å²) in [5.74, 6) is 0.723. The van der Waals surface area contributed by atoms with Crippen LogP contribution in [0.2, 0.25) is 0 Å². The van der Waals surface area contributed by atoms with Crippen molar-refractivity contribution in [3.05, 3.63) is 21.9 Å². The van der Waals surface area contributed by atoms with Crippen LogP contribution in [0.1, 0.15) is 68.4 Å². The van der Waals surface area contributed by atoms with Crippen molar-refractivity contribution in [3.63, 3.8) is 0 Å². The first-order valence-electron chi connectivity index (χ1n) is 10.0. The highest BCUT2D eigenvalue weighted by Gasteiger charge is 2.28. The molecule has 8 nitrogen and oxygen atoms in total. The Bertz CT molecular complexity index is 901. The molecular weight excluding hydrogens is 343 g/mol. The second kappa shape index (κ2) is 7.36. The predicted octanol–water partition coefficient (Wildman–Crippen LogP) is 1.37. The number of nitrogens with zero attached hydrogens (tertiary/aromatic N) is 4. The lowest BCUT2D eigenvalue weighted by Gasteiger charge is -2.32. The summed E-state index contributed by atoms with van der Waals surface area (Å²) >= 11 is 0. The average molecular weight is 370 g/mol. The number of likely N-dealkylation sites (tertiary alicyclic amines) is 1. The van der Waals surface area contributed by atoms with Gasteiger partial charge in [-0.15, -0.1) is 0 Å². The maximum absolute atomic E-state index is 12.8. The number of aromatic nitrogens is 4. The number of hydrogen-bond acceptors (Lipinski definition) is 4. The van der Waals surface area contributed by atoms with Crippen LogP contribution in [0.5, 0.6) is 0 Å². The quantitative estimate of drug-likeness (QED) is 0.781. The third-order valence-electron chi connectivity index (χ3n) is 5.98. The molecule has 2 amide bonds. The van der Waals surface area contributed by atoms with Gasteiger partial charge in [-0.05, 0) is 32.6 Å². The van der Waals surface area contributed by atoms with Crippen LogP contribution in [0.3, 0.4) is 0 Å². The van der Waals surface area contributed by atoms with Gasteiger partial charge in [0.05, 0.1) is 11.7 Å². The van der Waals surface area contributed by atoms with Gasteiger partial charge in [-0.2, -0.15) is 5.10 Å². The largest absolute Gasteiger partial charge is 0.388 e. The number of piperidine rings is 1. The van der Waals surface area contributed by atoms with Crippen LogP contribution in [0.25, 0.3) is 11.0 Å². The highest BCUT2D eigenvalue weighted by atomic mass is 16.2. The van der Waals surface area contributed by atoms with E-state index < -0.39 is 0 Å². The smallest absolute Gasteiger partial charge is 0.304 e. The molecule has 1 atom stereocenters. The Morgan fingerprint density at radius 3 is 2.74 bits per heavy atom. The number of hydrogen-bond donors (Lipinski definition) is 2. The minimum atomic E-state index is -0.119. The van der Waals surface area contributed by atoms with Crippen LogP contribution in [0.4, 0.5) is 4.79 Å². The zero-order chi connectivity index (χ0) is 19.0. The number of fused-ring (bicyclic) bond motifs is 1. The molecule has 0 spiro atoms. The molecule has 2 N–H and O–H groups in total. The molecule has 27 heavy (non-hydrogen) atoms. The van der Waals surface area contributed by atoms with E-state index in [0.29, 0.717) is 29.4 Å². The van der Waals surface area contributed by atoms with Crippen LogP contribution in [0.15, 0.2) is 4.79 Å². The highest BCUT2D eigenvalue weighted by Crippen LogP contribution is 2.31. The summed E-state index contributed by atoms with van der Waals surface area (Å²) < 4.78 is 1.99. The SMILES string of the molecule is BNC(=O)N1CCCC(c2nc3c(c(C)nn3C3CCCCC3)c(=O)[nH]2)C1. The number of aryl methyl sites for hydroxylation is 1. The van der Waals surface area contributed by atoms with Crippen LogP contribution in [-0.4, -0.2) is 51.8 Å². The van der Waals surface area contributed by atoms with Crippen molar-refractivity contribution in [3.8, 4) is 0 Å². The van der Waals surface area contributed by atoms with Gasteiger partial charge in [0.25, 0.3) is 5.56 Å². The van der Waals surface area contributed by atoms with Crippen molar-refractivity contribution in [2.75, 3.05) is 13.1 Å². The molecule has 4 rings (SSSR count). The Labute approximate surface area is 159 Å². The van der Waals surface area contributed by atoms with Crippen molar-refractivity contribution in [2.45, 2.75) is 63.8 Å². The molecular formula is C18H27BN6O2. The van der Waals surface area contributed by atoms with Gasteiger partial charge in [0.1, 0.15) is 11.2 Å². The fraction of sp³-hybridized carbons (Fsp3) is 0.667. The zero-order valence-corrected chi connectivity index (χ0v) is 16.1. The van der Waals surface area contributed by atoms with E-state index in [4.69, 9.17) is 4.98 Å².